The van der Waals surface area contributed by atoms with E-state index in [1.807, 2.05) is 0 Å². The second kappa shape index (κ2) is 11.6. The van der Waals surface area contributed by atoms with Crippen LogP contribution in [0.4, 0.5) is 0 Å². The van der Waals surface area contributed by atoms with Crippen molar-refractivity contribution in [3.8, 4) is 0 Å². The lowest BCUT2D eigenvalue weighted by Crippen LogP contribution is -2.26. The third-order valence-electron chi connectivity index (χ3n) is 2.75. The molecule has 0 bridgehead atoms. The van der Waals surface area contributed by atoms with Crippen LogP contribution in [0.5, 0.6) is 0 Å². The Bertz CT molecular complexity index is 204. The molecule has 0 rings (SSSR count). The van der Waals surface area contributed by atoms with Crippen molar-refractivity contribution in [3.63, 3.8) is 0 Å². The molecule has 0 aromatic carbocycles. The Labute approximate surface area is 106 Å². The number of carbonyl (C=O) groups excluding carboxylic acids is 1. The molecule has 0 saturated carbocycles. The molecule has 17 heavy (non-hydrogen) atoms. The first-order chi connectivity index (χ1) is 8.26. The number of hydrogen-bond donors (Lipinski definition) is 1. The van der Waals surface area contributed by atoms with E-state index in [9.17, 15) is 4.79 Å². The Balaban J connectivity index is 3.76. The highest BCUT2D eigenvalue weighted by Gasteiger charge is 2.17. The molecule has 0 aromatic rings. The van der Waals surface area contributed by atoms with E-state index >= 15 is 0 Å². The van der Waals surface area contributed by atoms with Gasteiger partial charge in [0.05, 0.1) is 5.92 Å². The molecule has 0 aliphatic rings. The number of rotatable bonds is 11. The molecular weight excluding hydrogens is 214 g/mol. The molecule has 0 amide bonds. The van der Waals surface area contributed by atoms with Crippen molar-refractivity contribution in [2.45, 2.75) is 58.8 Å². The van der Waals surface area contributed by atoms with Crippen LogP contribution in [0.1, 0.15) is 58.8 Å². The Kier molecular flexibility index (Phi) is 11.1. The monoisotopic (exact) mass is 241 g/mol. The molecule has 3 heteroatoms. The minimum absolute atomic E-state index is 0.0360. The first-order valence-electron chi connectivity index (χ1n) is 6.80. The van der Waals surface area contributed by atoms with Crippen LogP contribution < -0.4 is 5.48 Å². The fourth-order valence-electron chi connectivity index (χ4n) is 1.64. The average molecular weight is 241 g/mol. The van der Waals surface area contributed by atoms with Crippen LogP contribution >= 0.6 is 0 Å². The van der Waals surface area contributed by atoms with E-state index in [1.54, 1.807) is 6.08 Å². The standard InChI is InChI=1S/C14H27NO2/c1-4-7-9-12-15-17-14(16)13(10-6-3)11-8-5-2/h6,13,15H,3-5,7-12H2,1-2H3. The topological polar surface area (TPSA) is 38.3 Å². The van der Waals surface area contributed by atoms with E-state index < -0.39 is 0 Å². The lowest BCUT2D eigenvalue weighted by atomic mass is 9.99. The lowest BCUT2D eigenvalue weighted by molar-refractivity contribution is -0.156. The van der Waals surface area contributed by atoms with Gasteiger partial charge >= 0.3 is 5.97 Å². The van der Waals surface area contributed by atoms with Gasteiger partial charge < -0.3 is 4.84 Å². The Hall–Kier alpha value is -0.830. The highest BCUT2D eigenvalue weighted by atomic mass is 16.7. The van der Waals surface area contributed by atoms with Gasteiger partial charge in [-0.05, 0) is 19.3 Å². The molecule has 0 radical (unpaired) electrons. The van der Waals surface area contributed by atoms with Crippen molar-refractivity contribution < 1.29 is 9.63 Å². The number of hydroxylamine groups is 1. The van der Waals surface area contributed by atoms with Crippen LogP contribution in [0.25, 0.3) is 0 Å². The molecule has 1 atom stereocenters. The van der Waals surface area contributed by atoms with E-state index in [1.165, 1.54) is 6.42 Å². The van der Waals surface area contributed by atoms with Crippen molar-refractivity contribution in [2.75, 3.05) is 6.54 Å². The molecule has 0 saturated heterocycles. The molecule has 0 fully saturated rings. The van der Waals surface area contributed by atoms with E-state index in [0.717, 1.165) is 38.6 Å². The maximum atomic E-state index is 11.7. The van der Waals surface area contributed by atoms with E-state index in [-0.39, 0.29) is 11.9 Å². The minimum Gasteiger partial charge on any atom is -0.370 e. The SMILES string of the molecule is C=CCC(CCCC)C(=O)ONCCCCC. The minimum atomic E-state index is -0.144. The fraction of sp³-hybridized carbons (Fsp3) is 0.786. The summed E-state index contributed by atoms with van der Waals surface area (Å²) >= 11 is 0. The van der Waals surface area contributed by atoms with Crippen LogP contribution in [-0.2, 0) is 9.63 Å². The van der Waals surface area contributed by atoms with Gasteiger partial charge in [0.15, 0.2) is 0 Å². The van der Waals surface area contributed by atoms with Crippen molar-refractivity contribution in [2.24, 2.45) is 5.92 Å². The largest absolute Gasteiger partial charge is 0.370 e. The highest BCUT2D eigenvalue weighted by molar-refractivity contribution is 5.72. The van der Waals surface area contributed by atoms with Gasteiger partial charge in [0, 0.05) is 6.54 Å². The molecule has 100 valence electrons. The first kappa shape index (κ1) is 16.2. The summed E-state index contributed by atoms with van der Waals surface area (Å²) in [6.07, 6.45) is 8.92. The van der Waals surface area contributed by atoms with Crippen molar-refractivity contribution in [1.82, 2.24) is 5.48 Å². The normalized spacial score (nSPS) is 12.1. The third kappa shape index (κ3) is 8.93. The van der Waals surface area contributed by atoms with Gasteiger partial charge in [-0.3, -0.25) is 4.79 Å². The zero-order valence-corrected chi connectivity index (χ0v) is 11.3. The van der Waals surface area contributed by atoms with Crippen LogP contribution in [0.3, 0.4) is 0 Å². The lowest BCUT2D eigenvalue weighted by Gasteiger charge is -2.13. The van der Waals surface area contributed by atoms with E-state index in [4.69, 9.17) is 4.84 Å². The zero-order valence-electron chi connectivity index (χ0n) is 11.3. The summed E-state index contributed by atoms with van der Waals surface area (Å²) in [7, 11) is 0. The van der Waals surface area contributed by atoms with Crippen LogP contribution in [0, 0.1) is 5.92 Å². The quantitative estimate of drug-likeness (QED) is 0.341. The number of allylic oxidation sites excluding steroid dienone is 1. The number of hydrogen-bond acceptors (Lipinski definition) is 3. The average Bonchev–Trinajstić information content (AvgIpc) is 2.34. The maximum absolute atomic E-state index is 11.7. The Morgan fingerprint density at radius 1 is 1.29 bits per heavy atom. The van der Waals surface area contributed by atoms with Crippen LogP contribution in [0.15, 0.2) is 12.7 Å². The van der Waals surface area contributed by atoms with Gasteiger partial charge in [-0.1, -0.05) is 45.6 Å². The van der Waals surface area contributed by atoms with Gasteiger partial charge in [0.1, 0.15) is 0 Å². The summed E-state index contributed by atoms with van der Waals surface area (Å²) < 4.78 is 0. The van der Waals surface area contributed by atoms with Gasteiger partial charge in [-0.15, -0.1) is 6.58 Å². The van der Waals surface area contributed by atoms with Crippen LogP contribution in [0.2, 0.25) is 0 Å². The van der Waals surface area contributed by atoms with E-state index in [0.29, 0.717) is 6.42 Å². The number of nitrogens with one attached hydrogen (secondary N) is 1. The van der Waals surface area contributed by atoms with Crippen LogP contribution in [-0.4, -0.2) is 12.5 Å². The van der Waals surface area contributed by atoms with Gasteiger partial charge in [0.2, 0.25) is 0 Å². The van der Waals surface area contributed by atoms with Crippen molar-refractivity contribution in [3.05, 3.63) is 12.7 Å². The third-order valence-corrected chi connectivity index (χ3v) is 2.75. The predicted molar refractivity (Wildman–Crippen MR) is 71.4 cm³/mol. The summed E-state index contributed by atoms with van der Waals surface area (Å²) in [5.41, 5.74) is 2.75. The summed E-state index contributed by atoms with van der Waals surface area (Å²) in [5.74, 6) is -0.180. The van der Waals surface area contributed by atoms with Gasteiger partial charge in [-0.25, -0.2) is 0 Å². The maximum Gasteiger partial charge on any atom is 0.328 e. The molecule has 1 N–H and O–H groups in total. The Morgan fingerprint density at radius 3 is 2.59 bits per heavy atom. The summed E-state index contributed by atoms with van der Waals surface area (Å²) in [4.78, 5) is 16.8. The summed E-state index contributed by atoms with van der Waals surface area (Å²) in [5, 5.41) is 0. The second-order valence-electron chi connectivity index (χ2n) is 4.39. The molecule has 1 unspecified atom stereocenters. The van der Waals surface area contributed by atoms with Crippen molar-refractivity contribution >= 4 is 5.97 Å². The molecule has 0 aliphatic heterocycles. The highest BCUT2D eigenvalue weighted by Crippen LogP contribution is 2.14. The molecular formula is C14H27NO2. The van der Waals surface area contributed by atoms with Gasteiger partial charge in [0.25, 0.3) is 0 Å². The molecule has 0 aliphatic carbocycles. The zero-order chi connectivity index (χ0) is 12.9. The fourth-order valence-corrected chi connectivity index (χ4v) is 1.64. The van der Waals surface area contributed by atoms with E-state index in [2.05, 4.69) is 25.9 Å². The first-order valence-corrected chi connectivity index (χ1v) is 6.80. The Morgan fingerprint density at radius 2 is 2.00 bits per heavy atom. The summed E-state index contributed by atoms with van der Waals surface area (Å²) in [6.45, 7) is 8.70. The summed E-state index contributed by atoms with van der Waals surface area (Å²) in [6, 6.07) is 0. The second-order valence-corrected chi connectivity index (χ2v) is 4.39. The molecule has 0 heterocycles. The smallest absolute Gasteiger partial charge is 0.328 e. The number of unbranched alkanes of at least 4 members (excludes halogenated alkanes) is 3. The predicted octanol–water partition coefficient (Wildman–Crippen LogP) is 3.61. The molecule has 0 spiro atoms. The molecule has 0 aromatic heterocycles. The van der Waals surface area contributed by atoms with Gasteiger partial charge in [-0.2, -0.15) is 5.48 Å². The van der Waals surface area contributed by atoms with Crippen molar-refractivity contribution in [1.29, 1.82) is 0 Å². The molecule has 3 nitrogen and oxygen atoms in total. The number of carbonyl (C=O) groups is 1.